The molecule has 4 heteroatoms. The molecule has 1 aromatic carbocycles. The summed E-state index contributed by atoms with van der Waals surface area (Å²) in [5.41, 5.74) is 1.14. The molecule has 1 aliphatic carbocycles. The Morgan fingerprint density at radius 3 is 2.45 bits per heavy atom. The van der Waals surface area contributed by atoms with E-state index in [0.29, 0.717) is 5.92 Å². The fourth-order valence-electron chi connectivity index (χ4n) is 2.80. The highest BCUT2D eigenvalue weighted by Crippen LogP contribution is 2.43. The normalized spacial score (nSPS) is 17.2. The van der Waals surface area contributed by atoms with Gasteiger partial charge in [-0.05, 0) is 36.7 Å². The molecule has 1 fully saturated rings. The second-order valence-corrected chi connectivity index (χ2v) is 5.42. The van der Waals surface area contributed by atoms with Gasteiger partial charge in [0.15, 0.2) is 0 Å². The topological polar surface area (TPSA) is 63.6 Å². The zero-order valence-electron chi connectivity index (χ0n) is 11.6. The van der Waals surface area contributed by atoms with Crippen molar-refractivity contribution in [1.29, 1.82) is 0 Å². The smallest absolute Gasteiger partial charge is 0.309 e. The summed E-state index contributed by atoms with van der Waals surface area (Å²) in [7, 11) is 1.32. The number of aliphatic carboxylic acids is 1. The summed E-state index contributed by atoms with van der Waals surface area (Å²) < 4.78 is 4.81. The van der Waals surface area contributed by atoms with E-state index in [1.165, 1.54) is 7.11 Å². The number of esters is 1. The molecule has 1 saturated carbocycles. The van der Waals surface area contributed by atoms with Crippen molar-refractivity contribution in [2.75, 3.05) is 7.11 Å². The van der Waals surface area contributed by atoms with Crippen molar-refractivity contribution in [2.24, 2.45) is 17.8 Å². The van der Waals surface area contributed by atoms with E-state index < -0.39 is 17.9 Å². The summed E-state index contributed by atoms with van der Waals surface area (Å²) in [6.45, 7) is 0. The van der Waals surface area contributed by atoms with Gasteiger partial charge in [-0.25, -0.2) is 0 Å². The summed E-state index contributed by atoms with van der Waals surface area (Å²) in [6.07, 6.45) is 2.73. The van der Waals surface area contributed by atoms with Crippen LogP contribution in [0.2, 0.25) is 0 Å². The molecule has 2 unspecified atom stereocenters. The Labute approximate surface area is 118 Å². The van der Waals surface area contributed by atoms with E-state index in [2.05, 4.69) is 0 Å². The number of rotatable bonds is 7. The molecule has 0 amide bonds. The lowest BCUT2D eigenvalue weighted by Crippen LogP contribution is -2.30. The van der Waals surface area contributed by atoms with Crippen LogP contribution in [-0.4, -0.2) is 24.2 Å². The predicted molar refractivity (Wildman–Crippen MR) is 74.1 cm³/mol. The van der Waals surface area contributed by atoms with E-state index in [1.807, 2.05) is 30.3 Å². The van der Waals surface area contributed by atoms with Crippen molar-refractivity contribution < 1.29 is 19.4 Å². The van der Waals surface area contributed by atoms with Crippen LogP contribution >= 0.6 is 0 Å². The van der Waals surface area contributed by atoms with Gasteiger partial charge < -0.3 is 9.84 Å². The van der Waals surface area contributed by atoms with Gasteiger partial charge in [-0.2, -0.15) is 0 Å². The summed E-state index contributed by atoms with van der Waals surface area (Å²) in [4.78, 5) is 22.9. The van der Waals surface area contributed by atoms with Crippen LogP contribution in [0.1, 0.15) is 24.8 Å². The van der Waals surface area contributed by atoms with Gasteiger partial charge in [0.05, 0.1) is 19.4 Å². The van der Waals surface area contributed by atoms with Crippen LogP contribution in [0.5, 0.6) is 0 Å². The number of hydrogen-bond donors (Lipinski definition) is 1. The number of carbonyl (C=O) groups is 2. The molecule has 1 aliphatic rings. The third kappa shape index (κ3) is 3.83. The highest BCUT2D eigenvalue weighted by molar-refractivity contribution is 5.79. The minimum Gasteiger partial charge on any atom is -0.481 e. The molecule has 0 aliphatic heterocycles. The molecule has 0 bridgehead atoms. The average Bonchev–Trinajstić information content (AvgIpc) is 3.27. The minimum absolute atomic E-state index is 0.0564. The van der Waals surface area contributed by atoms with E-state index in [4.69, 9.17) is 9.84 Å². The van der Waals surface area contributed by atoms with Crippen LogP contribution in [0, 0.1) is 17.8 Å². The van der Waals surface area contributed by atoms with Crippen LogP contribution < -0.4 is 0 Å². The third-order valence-corrected chi connectivity index (χ3v) is 3.96. The van der Waals surface area contributed by atoms with Crippen molar-refractivity contribution in [2.45, 2.75) is 25.7 Å². The SMILES string of the molecule is COC(=O)C(CC(=O)O)C(Cc1ccccc1)C1CC1. The quantitative estimate of drug-likeness (QED) is 0.777. The monoisotopic (exact) mass is 276 g/mol. The minimum atomic E-state index is -0.945. The molecule has 20 heavy (non-hydrogen) atoms. The maximum atomic E-state index is 11.9. The molecule has 4 nitrogen and oxygen atoms in total. The maximum Gasteiger partial charge on any atom is 0.309 e. The molecule has 0 aromatic heterocycles. The molecular weight excluding hydrogens is 256 g/mol. The van der Waals surface area contributed by atoms with Gasteiger partial charge in [0.25, 0.3) is 0 Å². The Hall–Kier alpha value is -1.84. The number of carboxylic acids is 1. The number of carbonyl (C=O) groups excluding carboxylic acids is 1. The zero-order valence-corrected chi connectivity index (χ0v) is 11.6. The second-order valence-electron chi connectivity index (χ2n) is 5.42. The Bertz CT molecular complexity index is 465. The van der Waals surface area contributed by atoms with E-state index in [0.717, 1.165) is 24.8 Å². The number of methoxy groups -OCH3 is 1. The first kappa shape index (κ1) is 14.6. The fraction of sp³-hybridized carbons (Fsp3) is 0.500. The van der Waals surface area contributed by atoms with Crippen LogP contribution in [0.15, 0.2) is 30.3 Å². The van der Waals surface area contributed by atoms with Crippen LogP contribution in [0.4, 0.5) is 0 Å². The van der Waals surface area contributed by atoms with Gasteiger partial charge in [-0.15, -0.1) is 0 Å². The summed E-state index contributed by atoms with van der Waals surface area (Å²) in [6, 6.07) is 9.91. The summed E-state index contributed by atoms with van der Waals surface area (Å²) in [5, 5.41) is 9.04. The molecular formula is C16H20O4. The standard InChI is InChI=1S/C16H20O4/c1-20-16(19)14(10-15(17)18)13(12-7-8-12)9-11-5-3-2-4-6-11/h2-6,12-14H,7-10H2,1H3,(H,17,18). The van der Waals surface area contributed by atoms with Gasteiger partial charge >= 0.3 is 11.9 Å². The molecule has 0 radical (unpaired) electrons. The molecule has 1 aromatic rings. The zero-order chi connectivity index (χ0) is 14.5. The highest BCUT2D eigenvalue weighted by Gasteiger charge is 2.41. The maximum absolute atomic E-state index is 11.9. The Morgan fingerprint density at radius 1 is 1.30 bits per heavy atom. The van der Waals surface area contributed by atoms with E-state index in [-0.39, 0.29) is 12.3 Å². The molecule has 2 rings (SSSR count). The Morgan fingerprint density at radius 2 is 1.95 bits per heavy atom. The van der Waals surface area contributed by atoms with Gasteiger partial charge in [0.1, 0.15) is 0 Å². The average molecular weight is 276 g/mol. The number of benzene rings is 1. The summed E-state index contributed by atoms with van der Waals surface area (Å²) >= 11 is 0. The molecule has 0 saturated heterocycles. The molecule has 0 heterocycles. The first-order valence-corrected chi connectivity index (χ1v) is 6.95. The van der Waals surface area contributed by atoms with Crippen molar-refractivity contribution in [3.8, 4) is 0 Å². The molecule has 2 atom stereocenters. The van der Waals surface area contributed by atoms with E-state index in [1.54, 1.807) is 0 Å². The number of carboxylic acid groups (broad SMARTS) is 1. The van der Waals surface area contributed by atoms with Crippen molar-refractivity contribution in [1.82, 2.24) is 0 Å². The van der Waals surface area contributed by atoms with Gasteiger partial charge in [-0.3, -0.25) is 9.59 Å². The van der Waals surface area contributed by atoms with Gasteiger partial charge in [0.2, 0.25) is 0 Å². The van der Waals surface area contributed by atoms with Crippen LogP contribution in [0.3, 0.4) is 0 Å². The van der Waals surface area contributed by atoms with Crippen molar-refractivity contribution >= 4 is 11.9 Å². The van der Waals surface area contributed by atoms with E-state index >= 15 is 0 Å². The molecule has 108 valence electrons. The number of ether oxygens (including phenoxy) is 1. The first-order valence-electron chi connectivity index (χ1n) is 6.95. The lowest BCUT2D eigenvalue weighted by atomic mass is 9.81. The second kappa shape index (κ2) is 6.55. The Balaban J connectivity index is 2.15. The number of hydrogen-bond acceptors (Lipinski definition) is 3. The fourth-order valence-corrected chi connectivity index (χ4v) is 2.80. The Kier molecular flexibility index (Phi) is 4.77. The molecule has 1 N–H and O–H groups in total. The van der Waals surface area contributed by atoms with Gasteiger partial charge in [0, 0.05) is 0 Å². The molecule has 0 spiro atoms. The van der Waals surface area contributed by atoms with Crippen LogP contribution in [-0.2, 0) is 20.7 Å². The van der Waals surface area contributed by atoms with Crippen molar-refractivity contribution in [3.63, 3.8) is 0 Å². The lowest BCUT2D eigenvalue weighted by Gasteiger charge is -2.24. The summed E-state index contributed by atoms with van der Waals surface area (Å²) in [5.74, 6) is -1.40. The highest BCUT2D eigenvalue weighted by atomic mass is 16.5. The van der Waals surface area contributed by atoms with Crippen molar-refractivity contribution in [3.05, 3.63) is 35.9 Å². The predicted octanol–water partition coefficient (Wildman–Crippen LogP) is 2.52. The van der Waals surface area contributed by atoms with Gasteiger partial charge in [-0.1, -0.05) is 30.3 Å². The largest absolute Gasteiger partial charge is 0.481 e. The van der Waals surface area contributed by atoms with E-state index in [9.17, 15) is 9.59 Å². The third-order valence-electron chi connectivity index (χ3n) is 3.96. The first-order chi connectivity index (χ1) is 9.61. The van der Waals surface area contributed by atoms with Crippen LogP contribution in [0.25, 0.3) is 0 Å². The lowest BCUT2D eigenvalue weighted by molar-refractivity contribution is -0.153.